The zero-order valence-electron chi connectivity index (χ0n) is 15.3. The van der Waals surface area contributed by atoms with Crippen LogP contribution in [-0.2, 0) is 0 Å². The van der Waals surface area contributed by atoms with Crippen molar-refractivity contribution in [1.29, 1.82) is 0 Å². The smallest absolute Gasteiger partial charge is 0.193 e. The highest BCUT2D eigenvalue weighted by molar-refractivity contribution is 6.32. The van der Waals surface area contributed by atoms with Crippen molar-refractivity contribution in [2.75, 3.05) is 31.6 Å². The van der Waals surface area contributed by atoms with Gasteiger partial charge in [0.1, 0.15) is 17.1 Å². The predicted molar refractivity (Wildman–Crippen MR) is 109 cm³/mol. The Morgan fingerprint density at radius 1 is 1.22 bits per heavy atom. The average Bonchev–Trinajstić information content (AvgIpc) is 2.67. The van der Waals surface area contributed by atoms with Gasteiger partial charge in [0, 0.05) is 43.0 Å². The first-order chi connectivity index (χ1) is 13.0. The number of nitrogens with zero attached hydrogens (tertiary/aromatic N) is 1. The molecule has 1 unspecified atom stereocenters. The predicted octanol–water partition coefficient (Wildman–Crippen LogP) is 3.92. The van der Waals surface area contributed by atoms with E-state index in [4.69, 9.17) is 20.8 Å². The summed E-state index contributed by atoms with van der Waals surface area (Å²) >= 11 is 6.20. The Kier molecular flexibility index (Phi) is 4.81. The van der Waals surface area contributed by atoms with Crippen LogP contribution in [0.25, 0.3) is 22.3 Å². The molecule has 0 saturated carbocycles. The molecule has 6 heteroatoms. The van der Waals surface area contributed by atoms with Gasteiger partial charge < -0.3 is 19.4 Å². The number of hydrogen-bond donors (Lipinski definition) is 1. The van der Waals surface area contributed by atoms with E-state index >= 15 is 0 Å². The monoisotopic (exact) mass is 384 g/mol. The molecule has 2 aromatic carbocycles. The van der Waals surface area contributed by atoms with Crippen LogP contribution in [0.5, 0.6) is 5.75 Å². The van der Waals surface area contributed by atoms with Gasteiger partial charge in [-0.2, -0.15) is 0 Å². The maximum absolute atomic E-state index is 12.7. The van der Waals surface area contributed by atoms with Gasteiger partial charge >= 0.3 is 0 Å². The van der Waals surface area contributed by atoms with Gasteiger partial charge in [-0.1, -0.05) is 11.6 Å². The second-order valence-electron chi connectivity index (χ2n) is 6.81. The summed E-state index contributed by atoms with van der Waals surface area (Å²) in [6.07, 6.45) is 0. The van der Waals surface area contributed by atoms with Gasteiger partial charge in [0.15, 0.2) is 5.43 Å². The van der Waals surface area contributed by atoms with E-state index in [-0.39, 0.29) is 5.43 Å². The molecular formula is C21H21ClN2O3. The van der Waals surface area contributed by atoms with Crippen molar-refractivity contribution in [3.63, 3.8) is 0 Å². The lowest BCUT2D eigenvalue weighted by atomic mass is 10.1. The van der Waals surface area contributed by atoms with Gasteiger partial charge in [-0.25, -0.2) is 0 Å². The third-order valence-corrected chi connectivity index (χ3v) is 5.18. The molecule has 1 aliphatic heterocycles. The summed E-state index contributed by atoms with van der Waals surface area (Å²) in [5.74, 6) is 1.07. The van der Waals surface area contributed by atoms with Crippen molar-refractivity contribution in [2.45, 2.75) is 13.0 Å². The summed E-state index contributed by atoms with van der Waals surface area (Å²) in [6, 6.07) is 13.1. The molecule has 0 spiro atoms. The molecule has 1 aromatic heterocycles. The van der Waals surface area contributed by atoms with Gasteiger partial charge in [0.05, 0.1) is 17.5 Å². The number of nitrogens with one attached hydrogen (secondary N) is 1. The van der Waals surface area contributed by atoms with E-state index in [2.05, 4.69) is 17.1 Å². The Morgan fingerprint density at radius 3 is 2.81 bits per heavy atom. The molecule has 1 N–H and O–H groups in total. The van der Waals surface area contributed by atoms with Gasteiger partial charge in [0.25, 0.3) is 0 Å². The molecule has 5 nitrogen and oxygen atoms in total. The Labute approximate surface area is 162 Å². The molecule has 140 valence electrons. The van der Waals surface area contributed by atoms with E-state index in [0.717, 1.165) is 30.9 Å². The number of methoxy groups -OCH3 is 1. The highest BCUT2D eigenvalue weighted by atomic mass is 35.5. The first-order valence-electron chi connectivity index (χ1n) is 8.95. The molecule has 1 fully saturated rings. The zero-order valence-corrected chi connectivity index (χ0v) is 16.0. The van der Waals surface area contributed by atoms with Crippen LogP contribution in [0.2, 0.25) is 5.02 Å². The number of halogens is 1. The van der Waals surface area contributed by atoms with Crippen molar-refractivity contribution in [3.8, 4) is 17.1 Å². The van der Waals surface area contributed by atoms with Crippen molar-refractivity contribution in [3.05, 3.63) is 57.7 Å². The summed E-state index contributed by atoms with van der Waals surface area (Å²) in [7, 11) is 1.56. The van der Waals surface area contributed by atoms with Gasteiger partial charge in [-0.15, -0.1) is 0 Å². The quantitative estimate of drug-likeness (QED) is 0.741. The van der Waals surface area contributed by atoms with Crippen molar-refractivity contribution >= 4 is 28.3 Å². The highest BCUT2D eigenvalue weighted by Gasteiger charge is 2.17. The van der Waals surface area contributed by atoms with Crippen molar-refractivity contribution in [1.82, 2.24) is 5.32 Å². The van der Waals surface area contributed by atoms with E-state index in [1.54, 1.807) is 19.2 Å². The van der Waals surface area contributed by atoms with Crippen LogP contribution in [0.15, 0.2) is 51.7 Å². The Bertz CT molecular complexity index is 1050. The van der Waals surface area contributed by atoms with Crippen LogP contribution < -0.4 is 20.4 Å². The molecule has 2 heterocycles. The largest absolute Gasteiger partial charge is 0.495 e. The van der Waals surface area contributed by atoms with Crippen molar-refractivity contribution in [2.24, 2.45) is 0 Å². The number of ether oxygens (including phenoxy) is 1. The van der Waals surface area contributed by atoms with Crippen LogP contribution in [0.4, 0.5) is 5.69 Å². The summed E-state index contributed by atoms with van der Waals surface area (Å²) < 4.78 is 11.2. The van der Waals surface area contributed by atoms with E-state index in [1.807, 2.05) is 24.3 Å². The second kappa shape index (κ2) is 7.25. The minimum absolute atomic E-state index is 0.0665. The summed E-state index contributed by atoms with van der Waals surface area (Å²) in [4.78, 5) is 15.0. The van der Waals surface area contributed by atoms with Gasteiger partial charge in [-0.05, 0) is 43.3 Å². The molecule has 4 rings (SSSR count). The highest BCUT2D eigenvalue weighted by Crippen LogP contribution is 2.31. The number of anilines is 1. The molecule has 3 aromatic rings. The summed E-state index contributed by atoms with van der Waals surface area (Å²) in [5, 5.41) is 4.49. The maximum atomic E-state index is 12.7. The molecule has 1 saturated heterocycles. The number of hydrogen-bond acceptors (Lipinski definition) is 5. The lowest BCUT2D eigenvalue weighted by Crippen LogP contribution is -2.49. The maximum Gasteiger partial charge on any atom is 0.193 e. The SMILES string of the molecule is COc1ccc(-c2cc(=O)c3cc(N4CCNC(C)C4)ccc3o2)cc1Cl. The Morgan fingerprint density at radius 2 is 2.07 bits per heavy atom. The lowest BCUT2D eigenvalue weighted by molar-refractivity contribution is 0.415. The van der Waals surface area contributed by atoms with Crippen molar-refractivity contribution < 1.29 is 9.15 Å². The average molecular weight is 385 g/mol. The van der Waals surface area contributed by atoms with Gasteiger partial charge in [0.2, 0.25) is 0 Å². The molecule has 0 radical (unpaired) electrons. The van der Waals surface area contributed by atoms with E-state index < -0.39 is 0 Å². The van der Waals surface area contributed by atoms with E-state index in [1.165, 1.54) is 6.07 Å². The first-order valence-corrected chi connectivity index (χ1v) is 9.33. The molecule has 27 heavy (non-hydrogen) atoms. The number of rotatable bonds is 3. The van der Waals surface area contributed by atoms with E-state index in [0.29, 0.717) is 33.5 Å². The summed E-state index contributed by atoms with van der Waals surface area (Å²) in [5.41, 5.74) is 2.28. The topological polar surface area (TPSA) is 54.7 Å². The minimum Gasteiger partial charge on any atom is -0.495 e. The Balaban J connectivity index is 1.73. The number of benzene rings is 2. The number of piperazine rings is 1. The van der Waals surface area contributed by atoms with Crippen LogP contribution in [0.1, 0.15) is 6.92 Å². The second-order valence-corrected chi connectivity index (χ2v) is 7.21. The van der Waals surface area contributed by atoms with Crippen LogP contribution in [-0.4, -0.2) is 32.8 Å². The third-order valence-electron chi connectivity index (χ3n) is 4.88. The molecule has 1 aliphatic rings. The molecule has 1 atom stereocenters. The first kappa shape index (κ1) is 17.9. The number of fused-ring (bicyclic) bond motifs is 1. The fraction of sp³-hybridized carbons (Fsp3) is 0.286. The minimum atomic E-state index is -0.0665. The zero-order chi connectivity index (χ0) is 19.0. The van der Waals surface area contributed by atoms with Crippen LogP contribution in [0, 0.1) is 0 Å². The molecule has 0 aliphatic carbocycles. The molecular weight excluding hydrogens is 364 g/mol. The summed E-state index contributed by atoms with van der Waals surface area (Å²) in [6.45, 7) is 4.93. The van der Waals surface area contributed by atoms with Gasteiger partial charge in [-0.3, -0.25) is 4.79 Å². The molecule has 0 amide bonds. The molecule has 0 bridgehead atoms. The fourth-order valence-corrected chi connectivity index (χ4v) is 3.73. The van der Waals surface area contributed by atoms with Crippen LogP contribution in [0.3, 0.4) is 0 Å². The normalized spacial score (nSPS) is 17.3. The lowest BCUT2D eigenvalue weighted by Gasteiger charge is -2.33. The third kappa shape index (κ3) is 3.53. The van der Waals surface area contributed by atoms with Crippen LogP contribution >= 0.6 is 11.6 Å². The Hall–Kier alpha value is -2.50. The fourth-order valence-electron chi connectivity index (χ4n) is 3.47. The van der Waals surface area contributed by atoms with E-state index in [9.17, 15) is 4.79 Å². The standard InChI is InChI=1S/C21H21ClN2O3/c1-13-12-24(8-7-23-13)15-4-6-19-16(10-15)18(25)11-21(27-19)14-3-5-20(26-2)17(22)9-14/h3-6,9-11,13,23H,7-8,12H2,1-2H3.